The van der Waals surface area contributed by atoms with Crippen LogP contribution in [0, 0.1) is 11.3 Å². The zero-order chi connectivity index (χ0) is 21.8. The van der Waals surface area contributed by atoms with Crippen LogP contribution in [0.15, 0.2) is 36.4 Å². The lowest BCUT2D eigenvalue weighted by atomic mass is 9.91. The average molecular weight is 428 g/mol. The van der Waals surface area contributed by atoms with Gasteiger partial charge in [-0.05, 0) is 61.1 Å². The fourth-order valence-electron chi connectivity index (χ4n) is 3.69. The van der Waals surface area contributed by atoms with Gasteiger partial charge < -0.3 is 9.47 Å². The van der Waals surface area contributed by atoms with Gasteiger partial charge >= 0.3 is 6.18 Å². The maximum Gasteiger partial charge on any atom is 0.416 e. The van der Waals surface area contributed by atoms with Crippen molar-refractivity contribution in [1.82, 2.24) is 15.4 Å². The minimum Gasteiger partial charge on any atom is -0.490 e. The molecule has 9 heteroatoms. The van der Waals surface area contributed by atoms with Crippen molar-refractivity contribution in [2.24, 2.45) is 0 Å². The van der Waals surface area contributed by atoms with Gasteiger partial charge in [0.05, 0.1) is 5.56 Å². The molecule has 0 radical (unpaired) electrons. The highest BCUT2D eigenvalue weighted by Crippen LogP contribution is 2.36. The van der Waals surface area contributed by atoms with E-state index in [1.165, 1.54) is 17.2 Å². The number of aromatic nitrogens is 3. The van der Waals surface area contributed by atoms with Crippen LogP contribution in [-0.2, 0) is 19.0 Å². The number of alkyl halides is 3. The number of benzene rings is 2. The lowest BCUT2D eigenvalue weighted by Gasteiger charge is -2.19. The number of nitriles is 1. The summed E-state index contributed by atoms with van der Waals surface area (Å²) < 4.78 is 51.5. The number of H-pyrrole nitrogens is 1. The third-order valence-corrected chi connectivity index (χ3v) is 5.12. The molecule has 1 N–H and O–H groups in total. The Bertz CT molecular complexity index is 1120. The van der Waals surface area contributed by atoms with Crippen LogP contribution in [0.2, 0.25) is 0 Å². The molecule has 0 unspecified atom stereocenters. The molecule has 1 aliphatic rings. The minimum atomic E-state index is -4.58. The van der Waals surface area contributed by atoms with E-state index >= 15 is 0 Å². The van der Waals surface area contributed by atoms with Gasteiger partial charge in [0.1, 0.15) is 36.5 Å². The van der Waals surface area contributed by atoms with Crippen molar-refractivity contribution in [2.45, 2.75) is 31.9 Å². The molecule has 0 saturated heterocycles. The van der Waals surface area contributed by atoms with E-state index < -0.39 is 11.7 Å². The van der Waals surface area contributed by atoms with Crippen molar-refractivity contribution in [3.63, 3.8) is 0 Å². The van der Waals surface area contributed by atoms with E-state index in [1.807, 2.05) is 12.1 Å². The van der Waals surface area contributed by atoms with Crippen LogP contribution in [-0.4, -0.2) is 28.6 Å². The van der Waals surface area contributed by atoms with Crippen molar-refractivity contribution in [3.05, 3.63) is 58.8 Å². The van der Waals surface area contributed by atoms with Crippen LogP contribution < -0.4 is 9.47 Å². The van der Waals surface area contributed by atoms with Crippen molar-refractivity contribution in [2.75, 3.05) is 13.2 Å². The van der Waals surface area contributed by atoms with E-state index in [0.717, 1.165) is 43.6 Å². The molecule has 0 aliphatic heterocycles. The molecule has 31 heavy (non-hydrogen) atoms. The van der Waals surface area contributed by atoms with Gasteiger partial charge in [-0.3, -0.25) is 0 Å². The van der Waals surface area contributed by atoms with Gasteiger partial charge in [-0.2, -0.15) is 28.7 Å². The molecule has 0 spiro atoms. The Hall–Kier alpha value is -3.54. The summed E-state index contributed by atoms with van der Waals surface area (Å²) in [5.74, 6) is 0.808. The summed E-state index contributed by atoms with van der Waals surface area (Å²) in [5.41, 5.74) is 1.62. The average Bonchev–Trinajstić information content (AvgIpc) is 3.25. The maximum absolute atomic E-state index is 13.4. The second-order valence-corrected chi connectivity index (χ2v) is 7.17. The summed E-state index contributed by atoms with van der Waals surface area (Å²) >= 11 is 0. The maximum atomic E-state index is 13.4. The standard InChI is InChI=1S/C22H19F3N4O2/c23-22(24,25)16-10-15(21-19(13-26)27-29-28-21)11-17(12-16)30-8-9-31-20-7-3-5-14-4-1-2-6-18(14)20/h3,5,7,10-12H,1-2,4,6,8-9H2,(H,27,28,29). The van der Waals surface area contributed by atoms with Gasteiger partial charge in [-0.1, -0.05) is 12.1 Å². The number of aromatic amines is 1. The molecule has 6 nitrogen and oxygen atoms in total. The van der Waals surface area contributed by atoms with Crippen LogP contribution in [0.25, 0.3) is 11.3 Å². The van der Waals surface area contributed by atoms with Crippen LogP contribution >= 0.6 is 0 Å². The van der Waals surface area contributed by atoms with Crippen molar-refractivity contribution in [1.29, 1.82) is 5.26 Å². The van der Waals surface area contributed by atoms with E-state index in [1.54, 1.807) is 6.07 Å². The number of nitrogens with zero attached hydrogens (tertiary/aromatic N) is 3. The molecular weight excluding hydrogens is 409 g/mol. The minimum absolute atomic E-state index is 0.00963. The molecule has 3 aromatic rings. The Balaban J connectivity index is 1.48. The first-order valence-corrected chi connectivity index (χ1v) is 9.85. The molecule has 0 amide bonds. The molecule has 1 aromatic heterocycles. The summed E-state index contributed by atoms with van der Waals surface area (Å²) in [7, 11) is 0. The second-order valence-electron chi connectivity index (χ2n) is 7.17. The Morgan fingerprint density at radius 3 is 2.65 bits per heavy atom. The Kier molecular flexibility index (Phi) is 5.80. The largest absolute Gasteiger partial charge is 0.490 e. The highest BCUT2D eigenvalue weighted by molar-refractivity contribution is 5.67. The molecular formula is C22H19F3N4O2. The third kappa shape index (κ3) is 4.63. The van der Waals surface area contributed by atoms with Crippen LogP contribution in [0.3, 0.4) is 0 Å². The first-order chi connectivity index (χ1) is 15.0. The van der Waals surface area contributed by atoms with E-state index in [-0.39, 0.29) is 35.9 Å². The number of hydrogen-bond donors (Lipinski definition) is 1. The molecule has 1 aliphatic carbocycles. The second kappa shape index (κ2) is 8.68. The summed E-state index contributed by atoms with van der Waals surface area (Å²) in [5, 5.41) is 18.8. The summed E-state index contributed by atoms with van der Waals surface area (Å²) in [6.45, 7) is 0.254. The van der Waals surface area contributed by atoms with E-state index in [9.17, 15) is 13.2 Å². The number of ether oxygens (including phenoxy) is 2. The van der Waals surface area contributed by atoms with Gasteiger partial charge in [-0.25, -0.2) is 0 Å². The van der Waals surface area contributed by atoms with Crippen molar-refractivity contribution in [3.8, 4) is 28.8 Å². The zero-order valence-corrected chi connectivity index (χ0v) is 16.5. The molecule has 0 saturated carbocycles. The van der Waals surface area contributed by atoms with Crippen molar-refractivity contribution < 1.29 is 22.6 Å². The quantitative estimate of drug-likeness (QED) is 0.576. The fourth-order valence-corrected chi connectivity index (χ4v) is 3.69. The lowest BCUT2D eigenvalue weighted by Crippen LogP contribution is -2.13. The molecule has 0 bridgehead atoms. The van der Waals surface area contributed by atoms with E-state index in [2.05, 4.69) is 21.5 Å². The molecule has 0 fully saturated rings. The first-order valence-electron chi connectivity index (χ1n) is 9.85. The molecule has 160 valence electrons. The normalized spacial score (nSPS) is 13.4. The van der Waals surface area contributed by atoms with E-state index in [0.29, 0.717) is 0 Å². The fraction of sp³-hybridized carbons (Fsp3) is 0.318. The number of nitrogens with one attached hydrogen (secondary N) is 1. The van der Waals surface area contributed by atoms with Crippen LogP contribution in [0.1, 0.15) is 35.2 Å². The predicted octanol–water partition coefficient (Wildman–Crippen LogP) is 4.70. The monoisotopic (exact) mass is 428 g/mol. The smallest absolute Gasteiger partial charge is 0.416 e. The van der Waals surface area contributed by atoms with E-state index in [4.69, 9.17) is 14.7 Å². The predicted molar refractivity (Wildman–Crippen MR) is 106 cm³/mol. The van der Waals surface area contributed by atoms with Gasteiger partial charge in [-0.15, -0.1) is 5.10 Å². The number of halogens is 3. The number of rotatable bonds is 6. The highest BCUT2D eigenvalue weighted by atomic mass is 19.4. The van der Waals surface area contributed by atoms with Gasteiger partial charge in [0.25, 0.3) is 0 Å². The Labute approximate surface area is 176 Å². The third-order valence-electron chi connectivity index (χ3n) is 5.12. The number of aryl methyl sites for hydroxylation is 1. The summed E-state index contributed by atoms with van der Waals surface area (Å²) in [4.78, 5) is 0. The topological polar surface area (TPSA) is 83.8 Å². The molecule has 0 atom stereocenters. The van der Waals surface area contributed by atoms with Gasteiger partial charge in [0.2, 0.25) is 0 Å². The van der Waals surface area contributed by atoms with Gasteiger partial charge in [0, 0.05) is 5.56 Å². The Morgan fingerprint density at radius 2 is 1.84 bits per heavy atom. The SMILES string of the molecule is N#Cc1n[nH]nc1-c1cc(OCCOc2cccc3c2CCCC3)cc(C(F)(F)F)c1. The lowest BCUT2D eigenvalue weighted by molar-refractivity contribution is -0.137. The van der Waals surface area contributed by atoms with Crippen molar-refractivity contribution >= 4 is 0 Å². The summed E-state index contributed by atoms with van der Waals surface area (Å²) in [6.07, 6.45) is -0.310. The van der Waals surface area contributed by atoms with Crippen LogP contribution in [0.5, 0.6) is 11.5 Å². The number of fused-ring (bicyclic) bond motifs is 1. The first kappa shape index (κ1) is 20.7. The number of hydrogen-bond acceptors (Lipinski definition) is 5. The molecule has 1 heterocycles. The van der Waals surface area contributed by atoms with Crippen LogP contribution in [0.4, 0.5) is 13.2 Å². The zero-order valence-electron chi connectivity index (χ0n) is 16.5. The molecule has 2 aromatic carbocycles. The van der Waals surface area contributed by atoms with Gasteiger partial charge in [0.15, 0.2) is 5.69 Å². The summed E-state index contributed by atoms with van der Waals surface area (Å²) in [6, 6.07) is 11.0. The highest BCUT2D eigenvalue weighted by Gasteiger charge is 2.32. The molecule has 4 rings (SSSR count). The Morgan fingerprint density at radius 1 is 1.03 bits per heavy atom.